The number of alkyl halides is 3. The summed E-state index contributed by atoms with van der Waals surface area (Å²) in [5, 5.41) is 21.9. The lowest BCUT2D eigenvalue weighted by Crippen LogP contribution is -2.17. The summed E-state index contributed by atoms with van der Waals surface area (Å²) < 4.78 is 47.4. The second-order valence-electron chi connectivity index (χ2n) is 5.26. The first-order valence-electron chi connectivity index (χ1n) is 7.48. The zero-order valence-corrected chi connectivity index (χ0v) is 13.7. The van der Waals surface area contributed by atoms with Gasteiger partial charge in [0.15, 0.2) is 0 Å². The van der Waals surface area contributed by atoms with Gasteiger partial charge in [-0.15, -0.1) is 18.3 Å². The number of benzene rings is 1. The van der Waals surface area contributed by atoms with E-state index in [4.69, 9.17) is 10.4 Å². The zero-order valence-electron chi connectivity index (χ0n) is 13.7. The summed E-state index contributed by atoms with van der Waals surface area (Å²) >= 11 is 0. The molecule has 0 bridgehead atoms. The van der Waals surface area contributed by atoms with Crippen LogP contribution in [0.2, 0.25) is 0 Å². The molecule has 0 atom stereocenters. The summed E-state index contributed by atoms with van der Waals surface area (Å²) in [6, 6.07) is 9.40. The average Bonchev–Trinajstić information content (AvgIpc) is 3.04. The fourth-order valence-corrected chi connectivity index (χ4v) is 2.38. The Morgan fingerprint density at radius 1 is 1.25 bits per heavy atom. The van der Waals surface area contributed by atoms with Gasteiger partial charge in [-0.1, -0.05) is 0 Å². The minimum atomic E-state index is -4.95. The maximum atomic E-state index is 12.6. The Labute approximate surface area is 155 Å². The Morgan fingerprint density at radius 2 is 2.04 bits per heavy atom. The van der Waals surface area contributed by atoms with Crippen LogP contribution in [0.5, 0.6) is 11.6 Å². The van der Waals surface area contributed by atoms with Gasteiger partial charge >= 0.3 is 12.5 Å². The highest BCUT2D eigenvalue weighted by Crippen LogP contribution is 2.32. The van der Waals surface area contributed by atoms with Gasteiger partial charge in [0.25, 0.3) is 0 Å². The molecule has 8 nitrogen and oxygen atoms in total. The van der Waals surface area contributed by atoms with Gasteiger partial charge in [0.1, 0.15) is 5.75 Å². The molecule has 11 heteroatoms. The first-order chi connectivity index (χ1) is 13.2. The van der Waals surface area contributed by atoms with Crippen molar-refractivity contribution in [1.82, 2.24) is 14.8 Å². The molecule has 2 heterocycles. The van der Waals surface area contributed by atoms with Gasteiger partial charge in [-0.2, -0.15) is 5.26 Å². The molecule has 0 aliphatic heterocycles. The van der Waals surface area contributed by atoms with Crippen molar-refractivity contribution in [2.75, 3.05) is 0 Å². The van der Waals surface area contributed by atoms with E-state index in [0.717, 1.165) is 12.1 Å². The van der Waals surface area contributed by atoms with E-state index in [0.29, 0.717) is 5.69 Å². The molecular weight excluding hydrogens is 381 g/mol. The number of rotatable bonds is 4. The molecule has 0 aliphatic rings. The van der Waals surface area contributed by atoms with Crippen LogP contribution in [-0.4, -0.2) is 32.4 Å². The van der Waals surface area contributed by atoms with Crippen molar-refractivity contribution in [3.05, 3.63) is 54.4 Å². The largest absolute Gasteiger partial charge is 0.573 e. The van der Waals surface area contributed by atoms with Crippen molar-refractivity contribution in [2.45, 2.75) is 6.36 Å². The van der Waals surface area contributed by atoms with Gasteiger partial charge in [-0.05, 0) is 30.3 Å². The Balaban J connectivity index is 2.17. The summed E-state index contributed by atoms with van der Waals surface area (Å²) in [6.45, 7) is 0. The van der Waals surface area contributed by atoms with Crippen LogP contribution in [0.3, 0.4) is 0 Å². The maximum Gasteiger partial charge on any atom is 0.573 e. The maximum absolute atomic E-state index is 12.6. The van der Waals surface area contributed by atoms with E-state index in [1.54, 1.807) is 18.2 Å². The normalized spacial score (nSPS) is 10.9. The monoisotopic (exact) mass is 390 g/mol. The minimum absolute atomic E-state index is 0.101. The number of carboxylic acid groups (broad SMARTS) is 1. The summed E-state index contributed by atoms with van der Waals surface area (Å²) in [7, 11) is 0. The van der Waals surface area contributed by atoms with Crippen LogP contribution in [0, 0.1) is 11.3 Å². The minimum Gasteiger partial charge on any atom is -0.449 e. The van der Waals surface area contributed by atoms with Crippen molar-refractivity contribution in [3.63, 3.8) is 0 Å². The molecule has 0 aliphatic carbocycles. The molecule has 1 N–H and O–H groups in total. The lowest BCUT2D eigenvalue weighted by Gasteiger charge is -2.12. The van der Waals surface area contributed by atoms with E-state index < -0.39 is 18.3 Å². The van der Waals surface area contributed by atoms with Crippen molar-refractivity contribution in [2.24, 2.45) is 0 Å². The number of carbonyl (C=O) groups is 1. The highest BCUT2D eigenvalue weighted by atomic mass is 19.4. The number of nitriles is 1. The van der Waals surface area contributed by atoms with Crippen LogP contribution >= 0.6 is 0 Å². The van der Waals surface area contributed by atoms with E-state index in [2.05, 4.69) is 19.6 Å². The molecule has 28 heavy (non-hydrogen) atoms. The number of pyridine rings is 1. The Morgan fingerprint density at radius 3 is 2.64 bits per heavy atom. The van der Waals surface area contributed by atoms with Gasteiger partial charge < -0.3 is 14.6 Å². The second kappa shape index (κ2) is 7.28. The smallest absolute Gasteiger partial charge is 0.449 e. The summed E-state index contributed by atoms with van der Waals surface area (Å²) in [4.78, 5) is 14.7. The molecular formula is C17H9F3N4O4. The molecule has 3 rings (SSSR count). The first kappa shape index (κ1) is 18.7. The van der Waals surface area contributed by atoms with Crippen LogP contribution in [0.15, 0.2) is 48.8 Å². The summed E-state index contributed by atoms with van der Waals surface area (Å²) in [5.41, 5.74) is 0.568. The van der Waals surface area contributed by atoms with Gasteiger partial charge in [-0.3, -0.25) is 4.98 Å². The van der Waals surface area contributed by atoms with E-state index in [1.165, 1.54) is 29.2 Å². The molecule has 0 saturated carbocycles. The molecule has 0 spiro atoms. The number of nitrogens with zero attached hydrogens (tertiary/aromatic N) is 4. The third-order valence-electron chi connectivity index (χ3n) is 3.33. The quantitative estimate of drug-likeness (QED) is 0.675. The molecule has 0 fully saturated rings. The van der Waals surface area contributed by atoms with E-state index in [1.807, 2.05) is 0 Å². The Hall–Kier alpha value is -4.07. The van der Waals surface area contributed by atoms with Crippen molar-refractivity contribution in [3.8, 4) is 34.6 Å². The lowest BCUT2D eigenvalue weighted by molar-refractivity contribution is -0.274. The van der Waals surface area contributed by atoms with Gasteiger partial charge in [-0.25, -0.2) is 9.48 Å². The number of ether oxygens (including phenoxy) is 2. The van der Waals surface area contributed by atoms with E-state index in [-0.39, 0.29) is 22.7 Å². The number of hydrogen-bond donors (Lipinski definition) is 1. The summed E-state index contributed by atoms with van der Waals surface area (Å²) in [5.74, 6) is -0.923. The molecule has 0 unspecified atom stereocenters. The average molecular weight is 390 g/mol. The Kier molecular flexibility index (Phi) is 4.86. The van der Waals surface area contributed by atoms with E-state index in [9.17, 15) is 18.0 Å². The third-order valence-corrected chi connectivity index (χ3v) is 3.33. The number of hydrogen-bond acceptors (Lipinski definition) is 6. The SMILES string of the molecule is N#Cc1cc(OC(F)(F)F)cc(-c2cc(OC(=O)O)nn2-c2cccnc2)c1. The zero-order chi connectivity index (χ0) is 20.3. The van der Waals surface area contributed by atoms with Crippen LogP contribution in [0.1, 0.15) is 5.56 Å². The van der Waals surface area contributed by atoms with Gasteiger partial charge in [0, 0.05) is 17.8 Å². The molecule has 1 aromatic carbocycles. The molecule has 2 aromatic heterocycles. The molecule has 0 radical (unpaired) electrons. The highest BCUT2D eigenvalue weighted by Gasteiger charge is 2.31. The highest BCUT2D eigenvalue weighted by molar-refractivity contribution is 5.68. The van der Waals surface area contributed by atoms with Crippen LogP contribution < -0.4 is 9.47 Å². The van der Waals surface area contributed by atoms with Crippen LogP contribution in [0.4, 0.5) is 18.0 Å². The van der Waals surface area contributed by atoms with Crippen molar-refractivity contribution < 1.29 is 32.5 Å². The topological polar surface area (TPSA) is 110 Å². The second-order valence-corrected chi connectivity index (χ2v) is 5.26. The standard InChI is InChI=1S/C17H9F3N4O4/c18-17(19,20)28-13-5-10(8-21)4-11(6-13)14-7-15(27-16(25)26)23-24(14)12-2-1-3-22-9-12/h1-7,9H,(H,25,26). The lowest BCUT2D eigenvalue weighted by atomic mass is 10.1. The Bertz CT molecular complexity index is 1060. The number of aromatic nitrogens is 3. The fraction of sp³-hybridized carbons (Fsp3) is 0.0588. The first-order valence-corrected chi connectivity index (χ1v) is 7.48. The van der Waals surface area contributed by atoms with Crippen molar-refractivity contribution >= 4 is 6.16 Å². The van der Waals surface area contributed by atoms with Gasteiger partial charge in [0.05, 0.1) is 29.2 Å². The van der Waals surface area contributed by atoms with Gasteiger partial charge in [0.2, 0.25) is 5.88 Å². The third kappa shape index (κ3) is 4.36. The predicted molar refractivity (Wildman–Crippen MR) is 86.8 cm³/mol. The van der Waals surface area contributed by atoms with Crippen molar-refractivity contribution in [1.29, 1.82) is 5.26 Å². The molecule has 142 valence electrons. The molecule has 0 saturated heterocycles. The number of halogens is 3. The van der Waals surface area contributed by atoms with Crippen LogP contribution in [0.25, 0.3) is 16.9 Å². The molecule has 3 aromatic rings. The molecule has 0 amide bonds. The fourth-order valence-electron chi connectivity index (χ4n) is 2.38. The predicted octanol–water partition coefficient (Wildman–Crippen LogP) is 3.76. The van der Waals surface area contributed by atoms with E-state index >= 15 is 0 Å². The van der Waals surface area contributed by atoms with Crippen LogP contribution in [-0.2, 0) is 0 Å². The summed E-state index contributed by atoms with van der Waals surface area (Å²) in [6.07, 6.45) is -3.67.